The Morgan fingerprint density at radius 2 is 1.90 bits per heavy atom. The standard InChI is InChI=1S/C24H28ClFN2O3/c1-23(2,3)31-22(29)28-13-9-17(10-14-28)30-21-6-4-5-20(27-21)24(11-12-24)18-8-7-16(25)15-19(18)26/h4-8,15,17H,9-14H2,1-3H3. The summed E-state index contributed by atoms with van der Waals surface area (Å²) in [5.41, 5.74) is 0.537. The van der Waals surface area contributed by atoms with Gasteiger partial charge in [0.05, 0.1) is 5.69 Å². The number of halogens is 2. The molecule has 31 heavy (non-hydrogen) atoms. The fourth-order valence-electron chi connectivity index (χ4n) is 4.07. The highest BCUT2D eigenvalue weighted by Crippen LogP contribution is 2.54. The van der Waals surface area contributed by atoms with Gasteiger partial charge in [0, 0.05) is 48.0 Å². The van der Waals surface area contributed by atoms with Crippen LogP contribution in [0.25, 0.3) is 0 Å². The molecule has 1 aromatic carbocycles. The van der Waals surface area contributed by atoms with E-state index in [4.69, 9.17) is 26.1 Å². The van der Waals surface area contributed by atoms with Crippen molar-refractivity contribution in [3.05, 3.63) is 58.5 Å². The molecule has 1 aliphatic carbocycles. The number of amides is 1. The molecule has 2 fully saturated rings. The van der Waals surface area contributed by atoms with Crippen molar-refractivity contribution < 1.29 is 18.7 Å². The molecule has 0 spiro atoms. The number of hydrogen-bond donors (Lipinski definition) is 0. The summed E-state index contributed by atoms with van der Waals surface area (Å²) in [6.07, 6.45) is 2.80. The fraction of sp³-hybridized carbons (Fsp3) is 0.500. The summed E-state index contributed by atoms with van der Waals surface area (Å²) in [5, 5.41) is 0.389. The lowest BCUT2D eigenvalue weighted by Gasteiger charge is -2.33. The Morgan fingerprint density at radius 3 is 2.52 bits per heavy atom. The number of pyridine rings is 1. The quantitative estimate of drug-likeness (QED) is 0.601. The van der Waals surface area contributed by atoms with Crippen molar-refractivity contribution in [1.82, 2.24) is 9.88 Å². The molecule has 0 radical (unpaired) electrons. The van der Waals surface area contributed by atoms with Crippen LogP contribution in [0.15, 0.2) is 36.4 Å². The molecule has 2 aromatic rings. The van der Waals surface area contributed by atoms with Crippen molar-refractivity contribution in [3.8, 4) is 5.88 Å². The summed E-state index contributed by atoms with van der Waals surface area (Å²) in [4.78, 5) is 18.7. The minimum atomic E-state index is -0.503. The predicted octanol–water partition coefficient (Wildman–Crippen LogP) is 5.73. The van der Waals surface area contributed by atoms with Gasteiger partial charge in [-0.05, 0) is 51.8 Å². The van der Waals surface area contributed by atoms with Gasteiger partial charge in [0.2, 0.25) is 5.88 Å². The maximum atomic E-state index is 14.6. The Balaban J connectivity index is 1.41. The first-order valence-corrected chi connectivity index (χ1v) is 11.1. The average Bonchev–Trinajstić information content (AvgIpc) is 3.49. The number of benzene rings is 1. The predicted molar refractivity (Wildman–Crippen MR) is 117 cm³/mol. The van der Waals surface area contributed by atoms with Gasteiger partial charge < -0.3 is 14.4 Å². The Hall–Kier alpha value is -2.34. The Labute approximate surface area is 187 Å². The molecular formula is C24H28ClFN2O3. The molecule has 0 N–H and O–H groups in total. The highest BCUT2D eigenvalue weighted by molar-refractivity contribution is 6.30. The van der Waals surface area contributed by atoms with Crippen LogP contribution in [0.2, 0.25) is 5.02 Å². The van der Waals surface area contributed by atoms with Crippen LogP contribution in [0.5, 0.6) is 5.88 Å². The molecule has 166 valence electrons. The molecule has 7 heteroatoms. The molecule has 4 rings (SSSR count). The van der Waals surface area contributed by atoms with E-state index in [0.717, 1.165) is 18.5 Å². The summed E-state index contributed by atoms with van der Waals surface area (Å²) in [6.45, 7) is 6.75. The number of rotatable bonds is 4. The van der Waals surface area contributed by atoms with Gasteiger partial charge in [-0.25, -0.2) is 14.2 Å². The topological polar surface area (TPSA) is 51.7 Å². The van der Waals surface area contributed by atoms with Crippen LogP contribution >= 0.6 is 11.6 Å². The van der Waals surface area contributed by atoms with E-state index in [-0.39, 0.29) is 18.0 Å². The second kappa shape index (κ2) is 8.30. The maximum Gasteiger partial charge on any atom is 0.410 e. The zero-order chi connectivity index (χ0) is 22.2. The first kappa shape index (κ1) is 21.9. The van der Waals surface area contributed by atoms with Gasteiger partial charge in [-0.1, -0.05) is 23.7 Å². The smallest absolute Gasteiger partial charge is 0.410 e. The van der Waals surface area contributed by atoms with E-state index >= 15 is 0 Å². The highest BCUT2D eigenvalue weighted by atomic mass is 35.5. The van der Waals surface area contributed by atoms with Crippen LogP contribution in [0.1, 0.15) is 57.7 Å². The van der Waals surface area contributed by atoms with E-state index in [1.165, 1.54) is 6.07 Å². The number of carbonyl (C=O) groups is 1. The van der Waals surface area contributed by atoms with Gasteiger partial charge >= 0.3 is 6.09 Å². The summed E-state index contributed by atoms with van der Waals surface area (Å²) < 4.78 is 26.1. The van der Waals surface area contributed by atoms with E-state index < -0.39 is 11.0 Å². The average molecular weight is 447 g/mol. The van der Waals surface area contributed by atoms with Crippen molar-refractivity contribution in [2.45, 2.75) is 63.6 Å². The third-order valence-electron chi connectivity index (χ3n) is 5.79. The largest absolute Gasteiger partial charge is 0.474 e. The van der Waals surface area contributed by atoms with E-state index in [0.29, 0.717) is 42.4 Å². The highest BCUT2D eigenvalue weighted by Gasteiger charge is 2.49. The van der Waals surface area contributed by atoms with Crippen molar-refractivity contribution in [2.75, 3.05) is 13.1 Å². The summed E-state index contributed by atoms with van der Waals surface area (Å²) in [7, 11) is 0. The van der Waals surface area contributed by atoms with Gasteiger partial charge in [-0.2, -0.15) is 0 Å². The molecule has 1 aromatic heterocycles. The summed E-state index contributed by atoms with van der Waals surface area (Å²) in [6, 6.07) is 10.5. The molecule has 1 saturated carbocycles. The van der Waals surface area contributed by atoms with Crippen LogP contribution in [0.4, 0.5) is 9.18 Å². The van der Waals surface area contributed by atoms with E-state index in [2.05, 4.69) is 0 Å². The molecule has 1 amide bonds. The van der Waals surface area contributed by atoms with Crippen molar-refractivity contribution in [3.63, 3.8) is 0 Å². The van der Waals surface area contributed by atoms with Gasteiger partial charge in [-0.15, -0.1) is 0 Å². The van der Waals surface area contributed by atoms with Crippen LogP contribution in [0.3, 0.4) is 0 Å². The molecule has 0 bridgehead atoms. The lowest BCUT2D eigenvalue weighted by molar-refractivity contribution is 0.0123. The molecule has 2 aliphatic rings. The number of likely N-dealkylation sites (tertiary alicyclic amines) is 1. The molecule has 1 saturated heterocycles. The number of nitrogens with zero attached hydrogens (tertiary/aromatic N) is 2. The lowest BCUT2D eigenvalue weighted by Crippen LogP contribution is -2.44. The van der Waals surface area contributed by atoms with Crippen LogP contribution in [-0.2, 0) is 10.2 Å². The van der Waals surface area contributed by atoms with Crippen LogP contribution in [0, 0.1) is 5.82 Å². The molecule has 5 nitrogen and oxygen atoms in total. The fourth-order valence-corrected chi connectivity index (χ4v) is 4.23. The van der Waals surface area contributed by atoms with Gasteiger partial charge in [0.15, 0.2) is 0 Å². The first-order chi connectivity index (χ1) is 14.7. The lowest BCUT2D eigenvalue weighted by atomic mass is 9.91. The Morgan fingerprint density at radius 1 is 1.19 bits per heavy atom. The molecule has 1 aliphatic heterocycles. The van der Waals surface area contributed by atoms with Gasteiger partial charge in [0.1, 0.15) is 17.5 Å². The molecule has 0 unspecified atom stereocenters. The monoisotopic (exact) mass is 446 g/mol. The van der Waals surface area contributed by atoms with E-state index in [1.54, 1.807) is 17.0 Å². The third-order valence-corrected chi connectivity index (χ3v) is 6.03. The number of carbonyl (C=O) groups excluding carboxylic acids is 1. The van der Waals surface area contributed by atoms with Gasteiger partial charge in [0.25, 0.3) is 0 Å². The third kappa shape index (κ3) is 4.95. The number of piperidine rings is 1. The molecular weight excluding hydrogens is 419 g/mol. The first-order valence-electron chi connectivity index (χ1n) is 10.7. The zero-order valence-corrected chi connectivity index (χ0v) is 18.9. The summed E-state index contributed by atoms with van der Waals surface area (Å²) >= 11 is 5.92. The van der Waals surface area contributed by atoms with Crippen molar-refractivity contribution in [2.24, 2.45) is 0 Å². The normalized spacial score (nSPS) is 18.5. The maximum absolute atomic E-state index is 14.6. The second-order valence-electron chi connectivity index (χ2n) is 9.35. The van der Waals surface area contributed by atoms with Crippen LogP contribution in [-0.4, -0.2) is 40.8 Å². The Kier molecular flexibility index (Phi) is 5.86. The Bertz CT molecular complexity index is 964. The van der Waals surface area contributed by atoms with E-state index in [9.17, 15) is 9.18 Å². The summed E-state index contributed by atoms with van der Waals surface area (Å²) in [5.74, 6) is 0.238. The molecule has 0 atom stereocenters. The van der Waals surface area contributed by atoms with Crippen molar-refractivity contribution >= 4 is 17.7 Å². The van der Waals surface area contributed by atoms with Crippen molar-refractivity contribution in [1.29, 1.82) is 0 Å². The number of hydrogen-bond acceptors (Lipinski definition) is 4. The minimum Gasteiger partial charge on any atom is -0.474 e. The second-order valence-corrected chi connectivity index (χ2v) is 9.79. The SMILES string of the molecule is CC(C)(C)OC(=O)N1CCC(Oc2cccc(C3(c4ccc(Cl)cc4F)CC3)n2)CC1. The number of ether oxygens (including phenoxy) is 2. The van der Waals surface area contributed by atoms with E-state index in [1.807, 2.05) is 39.0 Å². The minimum absolute atomic E-state index is 0.0242. The van der Waals surface area contributed by atoms with Crippen LogP contribution < -0.4 is 4.74 Å². The zero-order valence-electron chi connectivity index (χ0n) is 18.2. The number of aromatic nitrogens is 1. The molecule has 2 heterocycles. The van der Waals surface area contributed by atoms with Gasteiger partial charge in [-0.3, -0.25) is 0 Å².